The summed E-state index contributed by atoms with van der Waals surface area (Å²) < 4.78 is 4.90. The highest BCUT2D eigenvalue weighted by Crippen LogP contribution is 2.27. The summed E-state index contributed by atoms with van der Waals surface area (Å²) >= 11 is 0. The average molecular weight is 344 g/mol. The van der Waals surface area contributed by atoms with Crippen molar-refractivity contribution in [2.75, 3.05) is 6.61 Å². The molecule has 0 N–H and O–H groups in total. The van der Waals surface area contributed by atoms with E-state index in [0.29, 0.717) is 13.0 Å². The first kappa shape index (κ1) is 14.2. The van der Waals surface area contributed by atoms with Gasteiger partial charge in [0.1, 0.15) is 0 Å². The lowest BCUT2D eigenvalue weighted by Gasteiger charge is -1.99. The van der Waals surface area contributed by atoms with E-state index in [1.165, 1.54) is 9.75 Å². The molecule has 0 aliphatic rings. The molecule has 0 fully saturated rings. The summed E-state index contributed by atoms with van der Waals surface area (Å²) in [7, 11) is 3.45. The lowest BCUT2D eigenvalue weighted by atomic mass is 10.2. The van der Waals surface area contributed by atoms with Crippen molar-refractivity contribution >= 4 is 26.7 Å². The monoisotopic (exact) mass is 344 g/mol. The van der Waals surface area contributed by atoms with E-state index in [0.717, 1.165) is 5.56 Å². The van der Waals surface area contributed by atoms with Crippen LogP contribution in [0.5, 0.6) is 0 Å². The molecule has 1 aromatic rings. The van der Waals surface area contributed by atoms with E-state index in [1.54, 1.807) is 20.7 Å². The minimum atomic E-state index is -0.126. The number of carbonyl (C=O) groups is 1. The molecule has 0 amide bonds. The van der Waals surface area contributed by atoms with Crippen LogP contribution in [-0.2, 0) is 16.0 Å². The fourth-order valence-corrected chi connectivity index (χ4v) is 3.40. The summed E-state index contributed by atoms with van der Waals surface area (Å²) in [5.74, 6) is -0.126. The first-order chi connectivity index (χ1) is 6.15. The van der Waals surface area contributed by atoms with Gasteiger partial charge in [0.25, 0.3) is 10.3 Å². The average Bonchev–Trinajstić information content (AvgIpc) is 2.36. The summed E-state index contributed by atoms with van der Waals surface area (Å²) in [6, 6.07) is 0. The predicted octanol–water partition coefficient (Wildman–Crippen LogP) is -0.183. The first-order valence-corrected chi connectivity index (χ1v) is 6.34. The zero-order chi connectivity index (χ0) is 9.84. The lowest BCUT2D eigenvalue weighted by molar-refractivity contribution is -0.142. The van der Waals surface area contributed by atoms with E-state index >= 15 is 0 Å². The number of ether oxygens (including phenoxy) is 1. The number of halogens is 1. The predicted molar refractivity (Wildman–Crippen MR) is 56.4 cm³/mol. The molecule has 1 rings (SSSR count). The highest BCUT2D eigenvalue weighted by molar-refractivity contribution is 7.69. The van der Waals surface area contributed by atoms with Gasteiger partial charge in [-0.3, -0.25) is 4.79 Å². The maximum absolute atomic E-state index is 11.2. The topological polar surface area (TPSA) is 26.3 Å². The molecule has 5 heteroatoms. The molecular formula is C9H13IO2S2. The van der Waals surface area contributed by atoms with Crippen molar-refractivity contribution in [3.05, 3.63) is 15.3 Å². The number of carbonyl (C=O) groups excluding carboxylic acids is 1. The van der Waals surface area contributed by atoms with Crippen LogP contribution < -0.4 is 24.0 Å². The molecule has 0 aliphatic heterocycles. The van der Waals surface area contributed by atoms with Crippen LogP contribution in [0, 0.1) is 13.8 Å². The summed E-state index contributed by atoms with van der Waals surface area (Å²) in [5, 5.41) is 0. The summed E-state index contributed by atoms with van der Waals surface area (Å²) in [6.45, 7) is 6.38. The molecule has 0 unspecified atom stereocenters. The van der Waals surface area contributed by atoms with Crippen LogP contribution in [-0.4, -0.2) is 12.6 Å². The molecule has 0 atom stereocenters. The molecular weight excluding hydrogens is 331 g/mol. The Hall–Kier alpha value is 0.250. The van der Waals surface area contributed by atoms with Gasteiger partial charge in [0, 0.05) is 12.5 Å². The molecule has 80 valence electrons. The molecule has 1 heterocycles. The van der Waals surface area contributed by atoms with Crippen LogP contribution in [0.25, 0.3) is 0 Å². The normalized spacial score (nSPS) is 9.36. The molecule has 14 heavy (non-hydrogen) atoms. The third kappa shape index (κ3) is 3.78. The smallest absolute Gasteiger partial charge is 0.310 e. The van der Waals surface area contributed by atoms with Crippen molar-refractivity contribution in [3.63, 3.8) is 0 Å². The molecule has 0 bridgehead atoms. The largest absolute Gasteiger partial charge is 1.00 e. The second-order valence-electron chi connectivity index (χ2n) is 2.74. The van der Waals surface area contributed by atoms with Crippen molar-refractivity contribution in [3.8, 4) is 0 Å². The van der Waals surface area contributed by atoms with Crippen LogP contribution in [0.15, 0.2) is 0 Å². The van der Waals surface area contributed by atoms with Crippen LogP contribution in [0.2, 0.25) is 0 Å². The summed E-state index contributed by atoms with van der Waals surface area (Å²) in [6.07, 6.45) is 0.422. The number of rotatable bonds is 3. The molecule has 0 aliphatic carbocycles. The van der Waals surface area contributed by atoms with Gasteiger partial charge in [-0.15, -0.1) is 0 Å². The maximum atomic E-state index is 11.2. The molecule has 2 nitrogen and oxygen atoms in total. The maximum Gasteiger partial charge on any atom is 0.310 e. The Balaban J connectivity index is 0.00000169. The lowest BCUT2D eigenvalue weighted by Crippen LogP contribution is -3.00. The Labute approximate surface area is 109 Å². The van der Waals surface area contributed by atoms with E-state index in [1.807, 2.05) is 20.8 Å². The van der Waals surface area contributed by atoms with Crippen molar-refractivity contribution in [2.45, 2.75) is 27.2 Å². The van der Waals surface area contributed by atoms with Crippen LogP contribution >= 0.6 is 20.7 Å². The molecule has 1 aromatic heterocycles. The SMILES string of the molecule is CCOC(=O)Cc1c(C)s[s+]c1C.[I-]. The van der Waals surface area contributed by atoms with Crippen LogP contribution in [0.1, 0.15) is 22.2 Å². The van der Waals surface area contributed by atoms with Gasteiger partial charge in [-0.25, -0.2) is 0 Å². The van der Waals surface area contributed by atoms with Gasteiger partial charge >= 0.3 is 5.97 Å². The highest BCUT2D eigenvalue weighted by Gasteiger charge is 2.19. The van der Waals surface area contributed by atoms with Gasteiger partial charge in [0.15, 0.2) is 10.3 Å². The minimum Gasteiger partial charge on any atom is -1.00 e. The van der Waals surface area contributed by atoms with E-state index in [9.17, 15) is 4.79 Å². The van der Waals surface area contributed by atoms with E-state index in [4.69, 9.17) is 4.74 Å². The van der Waals surface area contributed by atoms with Gasteiger partial charge in [0.05, 0.1) is 17.9 Å². The third-order valence-corrected chi connectivity index (χ3v) is 4.59. The first-order valence-electron chi connectivity index (χ1n) is 4.19. The molecule has 0 radical (unpaired) electrons. The molecule has 0 spiro atoms. The molecule has 0 aromatic carbocycles. The van der Waals surface area contributed by atoms with E-state index in [-0.39, 0.29) is 29.9 Å². The second-order valence-corrected chi connectivity index (χ2v) is 5.30. The van der Waals surface area contributed by atoms with E-state index in [2.05, 4.69) is 0 Å². The van der Waals surface area contributed by atoms with Crippen LogP contribution in [0.3, 0.4) is 0 Å². The quantitative estimate of drug-likeness (QED) is 0.329. The number of esters is 1. The van der Waals surface area contributed by atoms with Gasteiger partial charge in [0.2, 0.25) is 4.88 Å². The fraction of sp³-hybridized carbons (Fsp3) is 0.556. The molecule has 0 saturated carbocycles. The van der Waals surface area contributed by atoms with Gasteiger partial charge in [-0.2, -0.15) is 0 Å². The van der Waals surface area contributed by atoms with Gasteiger partial charge < -0.3 is 28.7 Å². The zero-order valence-electron chi connectivity index (χ0n) is 8.43. The minimum absolute atomic E-state index is 0. The number of hydrogen-bond donors (Lipinski definition) is 0. The van der Waals surface area contributed by atoms with Crippen molar-refractivity contribution in [2.24, 2.45) is 0 Å². The van der Waals surface area contributed by atoms with Crippen molar-refractivity contribution < 1.29 is 33.5 Å². The Bertz CT molecular complexity index is 290. The van der Waals surface area contributed by atoms with Gasteiger partial charge in [-0.05, 0) is 13.8 Å². The van der Waals surface area contributed by atoms with Crippen molar-refractivity contribution in [1.82, 2.24) is 0 Å². The fourth-order valence-electron chi connectivity index (χ4n) is 1.08. The van der Waals surface area contributed by atoms with Crippen LogP contribution in [0.4, 0.5) is 0 Å². The van der Waals surface area contributed by atoms with Crippen molar-refractivity contribution in [1.29, 1.82) is 0 Å². The second kappa shape index (κ2) is 6.68. The third-order valence-electron chi connectivity index (χ3n) is 1.77. The number of aryl methyl sites for hydroxylation is 2. The highest BCUT2D eigenvalue weighted by atomic mass is 127. The number of hydrogen-bond acceptors (Lipinski definition) is 3. The van der Waals surface area contributed by atoms with E-state index < -0.39 is 0 Å². The summed E-state index contributed by atoms with van der Waals surface area (Å²) in [4.78, 5) is 13.7. The zero-order valence-corrected chi connectivity index (χ0v) is 12.2. The standard InChI is InChI=1S/C9H13O2S2.HI/c1-4-11-9(10)5-8-6(2)12-13-7(8)3;/h4-5H2,1-3H3;1H/q+1;/p-1. The summed E-state index contributed by atoms with van der Waals surface area (Å²) in [5.41, 5.74) is 1.15. The Morgan fingerprint density at radius 2 is 2.14 bits per heavy atom. The van der Waals surface area contributed by atoms with Gasteiger partial charge in [-0.1, -0.05) is 0 Å². The Morgan fingerprint density at radius 3 is 2.57 bits per heavy atom. The molecule has 0 saturated heterocycles. The Morgan fingerprint density at radius 1 is 1.50 bits per heavy atom. The Kier molecular flexibility index (Phi) is 6.80.